The first-order chi connectivity index (χ1) is 9.06. The molecule has 19 heavy (non-hydrogen) atoms. The average molecular weight is 268 g/mol. The third-order valence-electron chi connectivity index (χ3n) is 2.94. The van der Waals surface area contributed by atoms with Gasteiger partial charge in [-0.15, -0.1) is 5.10 Å². The van der Waals surface area contributed by atoms with Gasteiger partial charge in [0.2, 0.25) is 11.8 Å². The van der Waals surface area contributed by atoms with Gasteiger partial charge < -0.3 is 15.7 Å². The molecule has 1 fully saturated rings. The summed E-state index contributed by atoms with van der Waals surface area (Å²) in [7, 11) is 0. The summed E-state index contributed by atoms with van der Waals surface area (Å²) < 4.78 is 0. The summed E-state index contributed by atoms with van der Waals surface area (Å²) in [6.07, 6.45) is 0.725. The highest BCUT2D eigenvalue weighted by molar-refractivity contribution is 5.90. The molecule has 0 aromatic carbocycles. The van der Waals surface area contributed by atoms with Crippen LogP contribution >= 0.6 is 0 Å². The number of H-pyrrole nitrogens is 1. The van der Waals surface area contributed by atoms with E-state index >= 15 is 0 Å². The number of nitrogens with one attached hydrogen (secondary N) is 1. The SMILES string of the molecule is Nc1n[nH]c(C(=O)N2CCCN(CC(=O)O)CC2)n1. The van der Waals surface area contributed by atoms with Crippen LogP contribution in [0.2, 0.25) is 0 Å². The van der Waals surface area contributed by atoms with Crippen molar-refractivity contribution in [3.8, 4) is 0 Å². The maximum Gasteiger partial charge on any atom is 0.317 e. The average Bonchev–Trinajstić information content (AvgIpc) is 2.65. The lowest BCUT2D eigenvalue weighted by Crippen LogP contribution is -2.37. The monoisotopic (exact) mass is 268 g/mol. The number of aliphatic carboxylic acids is 1. The molecule has 1 aliphatic rings. The zero-order valence-electron chi connectivity index (χ0n) is 10.4. The highest BCUT2D eigenvalue weighted by atomic mass is 16.4. The molecule has 0 saturated carbocycles. The molecule has 0 spiro atoms. The second-order valence-corrected chi connectivity index (χ2v) is 4.36. The number of carbonyl (C=O) groups excluding carboxylic acids is 1. The van der Waals surface area contributed by atoms with Crippen molar-refractivity contribution >= 4 is 17.8 Å². The second-order valence-electron chi connectivity index (χ2n) is 4.36. The molecule has 0 atom stereocenters. The number of hydrogen-bond acceptors (Lipinski definition) is 6. The molecule has 1 saturated heterocycles. The van der Waals surface area contributed by atoms with Crippen LogP contribution < -0.4 is 5.73 Å². The molecular weight excluding hydrogens is 252 g/mol. The summed E-state index contributed by atoms with van der Waals surface area (Å²) in [5, 5.41) is 14.9. The van der Waals surface area contributed by atoms with E-state index in [-0.39, 0.29) is 24.2 Å². The molecule has 1 aromatic rings. The van der Waals surface area contributed by atoms with Crippen LogP contribution in [0.25, 0.3) is 0 Å². The summed E-state index contributed by atoms with van der Waals surface area (Å²) in [6.45, 7) is 2.22. The third-order valence-corrected chi connectivity index (χ3v) is 2.94. The molecule has 1 aliphatic heterocycles. The number of amides is 1. The standard InChI is InChI=1S/C10H16N6O3/c11-10-12-8(13-14-10)9(19)16-3-1-2-15(4-5-16)6-7(17)18/h1-6H2,(H,17,18)(H3,11,12,13,14). The van der Waals surface area contributed by atoms with Crippen LogP contribution in [0.5, 0.6) is 0 Å². The zero-order chi connectivity index (χ0) is 13.8. The van der Waals surface area contributed by atoms with Crippen molar-refractivity contribution in [2.75, 3.05) is 38.5 Å². The van der Waals surface area contributed by atoms with Gasteiger partial charge in [-0.1, -0.05) is 0 Å². The number of carboxylic acids is 1. The molecule has 4 N–H and O–H groups in total. The number of nitrogens with two attached hydrogens (primary N) is 1. The molecule has 2 heterocycles. The van der Waals surface area contributed by atoms with E-state index in [1.165, 1.54) is 0 Å². The maximum absolute atomic E-state index is 12.1. The van der Waals surface area contributed by atoms with Crippen LogP contribution in [0.4, 0.5) is 5.95 Å². The number of carbonyl (C=O) groups is 2. The van der Waals surface area contributed by atoms with Crippen LogP contribution in [0, 0.1) is 0 Å². The Balaban J connectivity index is 1.95. The lowest BCUT2D eigenvalue weighted by Gasteiger charge is -2.19. The number of nitrogen functional groups attached to an aromatic ring is 1. The van der Waals surface area contributed by atoms with Crippen molar-refractivity contribution in [1.29, 1.82) is 0 Å². The molecule has 9 heteroatoms. The number of aromatic nitrogens is 3. The molecule has 1 amide bonds. The van der Waals surface area contributed by atoms with Crippen molar-refractivity contribution in [3.05, 3.63) is 5.82 Å². The smallest absolute Gasteiger partial charge is 0.317 e. The van der Waals surface area contributed by atoms with Gasteiger partial charge in [0.05, 0.1) is 6.54 Å². The van der Waals surface area contributed by atoms with Gasteiger partial charge in [0, 0.05) is 26.2 Å². The minimum Gasteiger partial charge on any atom is -0.480 e. The second kappa shape index (κ2) is 5.65. The van der Waals surface area contributed by atoms with Gasteiger partial charge in [0.1, 0.15) is 0 Å². The van der Waals surface area contributed by atoms with Crippen LogP contribution in [0.3, 0.4) is 0 Å². The topological polar surface area (TPSA) is 128 Å². The fraction of sp³-hybridized carbons (Fsp3) is 0.600. The largest absolute Gasteiger partial charge is 0.480 e. The van der Waals surface area contributed by atoms with Gasteiger partial charge in [0.15, 0.2) is 0 Å². The summed E-state index contributed by atoms with van der Waals surface area (Å²) >= 11 is 0. The number of anilines is 1. The Labute approximate surface area is 109 Å². The molecule has 1 aromatic heterocycles. The third kappa shape index (κ3) is 3.41. The predicted molar refractivity (Wildman–Crippen MR) is 65.4 cm³/mol. The minimum absolute atomic E-state index is 0.00269. The molecule has 0 bridgehead atoms. The molecule has 104 valence electrons. The molecule has 0 unspecified atom stereocenters. The van der Waals surface area contributed by atoms with Crippen molar-refractivity contribution in [2.45, 2.75) is 6.42 Å². The van der Waals surface area contributed by atoms with Crippen LogP contribution in [-0.4, -0.2) is 74.7 Å². The van der Waals surface area contributed by atoms with Gasteiger partial charge in [-0.25, -0.2) is 0 Å². The van der Waals surface area contributed by atoms with Crippen LogP contribution in [-0.2, 0) is 4.79 Å². The molecule has 2 rings (SSSR count). The summed E-state index contributed by atoms with van der Waals surface area (Å²) in [4.78, 5) is 30.0. The van der Waals surface area contributed by atoms with E-state index in [1.54, 1.807) is 4.90 Å². The van der Waals surface area contributed by atoms with Gasteiger partial charge in [0.25, 0.3) is 5.91 Å². The zero-order valence-corrected chi connectivity index (χ0v) is 10.4. The van der Waals surface area contributed by atoms with E-state index in [4.69, 9.17) is 10.8 Å². The fourth-order valence-electron chi connectivity index (χ4n) is 2.04. The maximum atomic E-state index is 12.1. The van der Waals surface area contributed by atoms with Crippen molar-refractivity contribution in [2.24, 2.45) is 0 Å². The Hall–Kier alpha value is -2.16. The Morgan fingerprint density at radius 3 is 2.74 bits per heavy atom. The Bertz CT molecular complexity index is 474. The van der Waals surface area contributed by atoms with Gasteiger partial charge in [-0.2, -0.15) is 4.98 Å². The Morgan fingerprint density at radius 2 is 2.11 bits per heavy atom. The number of hydrogen-bond donors (Lipinski definition) is 3. The summed E-state index contributed by atoms with van der Waals surface area (Å²) in [6, 6.07) is 0. The Kier molecular flexibility index (Phi) is 3.95. The number of aromatic amines is 1. The summed E-state index contributed by atoms with van der Waals surface area (Å²) in [5.41, 5.74) is 5.36. The van der Waals surface area contributed by atoms with Crippen LogP contribution in [0.1, 0.15) is 17.0 Å². The van der Waals surface area contributed by atoms with Gasteiger partial charge in [-0.3, -0.25) is 19.6 Å². The molecule has 0 radical (unpaired) electrons. The van der Waals surface area contributed by atoms with E-state index in [0.717, 1.165) is 6.42 Å². The normalized spacial score (nSPS) is 17.2. The molecule has 9 nitrogen and oxygen atoms in total. The van der Waals surface area contributed by atoms with Crippen molar-refractivity contribution in [3.63, 3.8) is 0 Å². The first-order valence-corrected chi connectivity index (χ1v) is 5.97. The number of nitrogens with zero attached hydrogens (tertiary/aromatic N) is 4. The number of carboxylic acid groups (broad SMARTS) is 1. The highest BCUT2D eigenvalue weighted by Crippen LogP contribution is 2.07. The number of rotatable bonds is 3. The van der Waals surface area contributed by atoms with Crippen LogP contribution in [0.15, 0.2) is 0 Å². The van der Waals surface area contributed by atoms with E-state index in [1.807, 2.05) is 4.90 Å². The molecule has 0 aliphatic carbocycles. The Morgan fingerprint density at radius 1 is 1.32 bits per heavy atom. The van der Waals surface area contributed by atoms with E-state index in [2.05, 4.69) is 15.2 Å². The lowest BCUT2D eigenvalue weighted by atomic mass is 10.3. The highest BCUT2D eigenvalue weighted by Gasteiger charge is 2.23. The first-order valence-electron chi connectivity index (χ1n) is 5.97. The van der Waals surface area contributed by atoms with Crippen molar-refractivity contribution in [1.82, 2.24) is 25.0 Å². The van der Waals surface area contributed by atoms with Crippen molar-refractivity contribution < 1.29 is 14.7 Å². The summed E-state index contributed by atoms with van der Waals surface area (Å²) in [5.74, 6) is -0.973. The molecular formula is C10H16N6O3. The minimum atomic E-state index is -0.859. The fourth-order valence-corrected chi connectivity index (χ4v) is 2.04. The lowest BCUT2D eigenvalue weighted by molar-refractivity contribution is -0.138. The van der Waals surface area contributed by atoms with E-state index in [9.17, 15) is 9.59 Å². The quantitative estimate of drug-likeness (QED) is 0.616. The van der Waals surface area contributed by atoms with E-state index < -0.39 is 5.97 Å². The van der Waals surface area contributed by atoms with E-state index in [0.29, 0.717) is 26.2 Å². The first kappa shape index (κ1) is 13.3. The predicted octanol–water partition coefficient (Wildman–Crippen LogP) is -1.38. The van der Waals surface area contributed by atoms with Gasteiger partial charge >= 0.3 is 5.97 Å². The van der Waals surface area contributed by atoms with Gasteiger partial charge in [-0.05, 0) is 6.42 Å².